The van der Waals surface area contributed by atoms with Crippen LogP contribution in [-0.4, -0.2) is 18.2 Å². The van der Waals surface area contributed by atoms with Crippen molar-refractivity contribution in [2.45, 2.75) is 18.4 Å². The van der Waals surface area contributed by atoms with Crippen molar-refractivity contribution in [3.05, 3.63) is 77.1 Å². The molecule has 0 fully saturated rings. The molecule has 0 aliphatic rings. The summed E-state index contributed by atoms with van der Waals surface area (Å²) in [5, 5.41) is 4.57. The van der Waals surface area contributed by atoms with Crippen LogP contribution >= 0.6 is 11.6 Å². The van der Waals surface area contributed by atoms with E-state index in [9.17, 15) is 8.42 Å². The minimum absolute atomic E-state index is 0.131. The van der Waals surface area contributed by atoms with Crippen LogP contribution in [0.15, 0.2) is 65.8 Å². The summed E-state index contributed by atoms with van der Waals surface area (Å²) in [6.45, 7) is 2.30. The maximum atomic E-state index is 12.6. The zero-order valence-corrected chi connectivity index (χ0v) is 14.6. The Labute approximate surface area is 145 Å². The molecule has 1 N–H and O–H groups in total. The summed E-state index contributed by atoms with van der Waals surface area (Å²) >= 11 is 6.05. The second kappa shape index (κ2) is 6.67. The summed E-state index contributed by atoms with van der Waals surface area (Å²) in [4.78, 5) is 0.131. The van der Waals surface area contributed by atoms with Gasteiger partial charge in [0.2, 0.25) is 0 Å². The number of benzene rings is 2. The number of sulfonamides is 1. The predicted octanol–water partition coefficient (Wildman–Crippen LogP) is 3.69. The van der Waals surface area contributed by atoms with Gasteiger partial charge >= 0.3 is 0 Å². The Bertz CT molecular complexity index is 954. The molecular formula is C17H16ClN3O2S. The molecule has 0 saturated carbocycles. The highest BCUT2D eigenvalue weighted by molar-refractivity contribution is 7.92. The lowest BCUT2D eigenvalue weighted by atomic mass is 10.2. The molecule has 3 aromatic rings. The average Bonchev–Trinajstić information content (AvgIpc) is 3.04. The molecule has 0 radical (unpaired) electrons. The Morgan fingerprint density at radius 1 is 1.17 bits per heavy atom. The standard InChI is InChI=1S/C17H16ClN3O2S/c1-13-7-8-15(11-16(13)18)24(22,23)20-17-6-3-2-5-14(17)12-21-10-4-9-19-21/h2-11,20H,12H2,1H3. The molecule has 1 heterocycles. The zero-order chi connectivity index (χ0) is 17.2. The first-order chi connectivity index (χ1) is 11.5. The van der Waals surface area contributed by atoms with Crippen LogP contribution in [0.1, 0.15) is 11.1 Å². The summed E-state index contributed by atoms with van der Waals surface area (Å²) in [5.41, 5.74) is 2.17. The fourth-order valence-corrected chi connectivity index (χ4v) is 3.64. The predicted molar refractivity (Wildman–Crippen MR) is 94.8 cm³/mol. The van der Waals surface area contributed by atoms with Crippen LogP contribution in [0.3, 0.4) is 0 Å². The normalized spacial score (nSPS) is 11.4. The third-order valence-corrected chi connectivity index (χ3v) is 5.38. The highest BCUT2D eigenvalue weighted by Crippen LogP contribution is 2.24. The molecule has 1 aromatic heterocycles. The van der Waals surface area contributed by atoms with Crippen LogP contribution in [-0.2, 0) is 16.6 Å². The molecule has 0 bridgehead atoms. The van der Waals surface area contributed by atoms with Gasteiger partial charge in [0, 0.05) is 17.4 Å². The number of anilines is 1. The third kappa shape index (κ3) is 3.60. The maximum Gasteiger partial charge on any atom is 0.261 e. The number of nitrogens with one attached hydrogen (secondary N) is 1. The van der Waals surface area contributed by atoms with Gasteiger partial charge in [-0.1, -0.05) is 35.9 Å². The van der Waals surface area contributed by atoms with Crippen LogP contribution < -0.4 is 4.72 Å². The van der Waals surface area contributed by atoms with E-state index in [0.717, 1.165) is 11.1 Å². The number of hydrogen-bond donors (Lipinski definition) is 1. The fourth-order valence-electron chi connectivity index (χ4n) is 2.27. The fraction of sp³-hybridized carbons (Fsp3) is 0.118. The van der Waals surface area contributed by atoms with Crippen molar-refractivity contribution in [3.8, 4) is 0 Å². The van der Waals surface area contributed by atoms with Gasteiger partial charge in [-0.3, -0.25) is 9.40 Å². The van der Waals surface area contributed by atoms with Gasteiger partial charge < -0.3 is 0 Å². The molecule has 5 nitrogen and oxygen atoms in total. The molecule has 2 aromatic carbocycles. The minimum Gasteiger partial charge on any atom is -0.279 e. The van der Waals surface area contributed by atoms with E-state index in [-0.39, 0.29) is 4.90 Å². The van der Waals surface area contributed by atoms with E-state index >= 15 is 0 Å². The summed E-state index contributed by atoms with van der Waals surface area (Å²) < 4.78 is 29.6. The molecule has 124 valence electrons. The minimum atomic E-state index is -3.72. The topological polar surface area (TPSA) is 64.0 Å². The SMILES string of the molecule is Cc1ccc(S(=O)(=O)Nc2ccccc2Cn2cccn2)cc1Cl. The quantitative estimate of drug-likeness (QED) is 0.753. The van der Waals surface area contributed by atoms with Gasteiger partial charge in [-0.2, -0.15) is 5.10 Å². The number of aryl methyl sites for hydroxylation is 1. The van der Waals surface area contributed by atoms with Crippen molar-refractivity contribution in [3.63, 3.8) is 0 Å². The molecule has 0 saturated heterocycles. The maximum absolute atomic E-state index is 12.6. The van der Waals surface area contributed by atoms with Crippen LogP contribution in [0, 0.1) is 6.92 Å². The molecule has 0 unspecified atom stereocenters. The van der Waals surface area contributed by atoms with Gasteiger partial charge in [-0.05, 0) is 42.3 Å². The molecule has 3 rings (SSSR count). The summed E-state index contributed by atoms with van der Waals surface area (Å²) in [6.07, 6.45) is 3.51. The van der Waals surface area contributed by atoms with E-state index in [4.69, 9.17) is 11.6 Å². The van der Waals surface area contributed by atoms with Crippen molar-refractivity contribution < 1.29 is 8.42 Å². The van der Waals surface area contributed by atoms with Crippen molar-refractivity contribution in [1.82, 2.24) is 9.78 Å². The summed E-state index contributed by atoms with van der Waals surface area (Å²) in [7, 11) is -3.72. The van der Waals surface area contributed by atoms with E-state index in [1.54, 1.807) is 35.1 Å². The molecule has 24 heavy (non-hydrogen) atoms. The number of hydrogen-bond acceptors (Lipinski definition) is 3. The van der Waals surface area contributed by atoms with E-state index in [0.29, 0.717) is 17.3 Å². The molecule has 0 aliphatic carbocycles. The highest BCUT2D eigenvalue weighted by Gasteiger charge is 2.17. The van der Waals surface area contributed by atoms with Crippen molar-refractivity contribution >= 4 is 27.3 Å². The van der Waals surface area contributed by atoms with Gasteiger partial charge in [0.05, 0.1) is 17.1 Å². The highest BCUT2D eigenvalue weighted by atomic mass is 35.5. The van der Waals surface area contributed by atoms with E-state index in [1.807, 2.05) is 31.3 Å². The number of aromatic nitrogens is 2. The number of halogens is 1. The van der Waals surface area contributed by atoms with Gasteiger partial charge in [0.15, 0.2) is 0 Å². The summed E-state index contributed by atoms with van der Waals surface area (Å²) in [5.74, 6) is 0. The van der Waals surface area contributed by atoms with Crippen LogP contribution in [0.4, 0.5) is 5.69 Å². The van der Waals surface area contributed by atoms with E-state index < -0.39 is 10.0 Å². The van der Waals surface area contributed by atoms with Gasteiger partial charge in [-0.25, -0.2) is 8.42 Å². The van der Waals surface area contributed by atoms with E-state index in [2.05, 4.69) is 9.82 Å². The first-order valence-corrected chi connectivity index (χ1v) is 9.16. The second-order valence-electron chi connectivity index (χ2n) is 5.38. The number of nitrogens with zero attached hydrogens (tertiary/aromatic N) is 2. The Kier molecular flexibility index (Phi) is 4.59. The zero-order valence-electron chi connectivity index (χ0n) is 13.0. The lowest BCUT2D eigenvalue weighted by molar-refractivity contribution is 0.601. The van der Waals surface area contributed by atoms with Crippen molar-refractivity contribution in [2.75, 3.05) is 4.72 Å². The van der Waals surface area contributed by atoms with Crippen molar-refractivity contribution in [2.24, 2.45) is 0 Å². The van der Waals surface area contributed by atoms with Crippen LogP contribution in [0.5, 0.6) is 0 Å². The lowest BCUT2D eigenvalue weighted by Crippen LogP contribution is -2.15. The lowest BCUT2D eigenvalue weighted by Gasteiger charge is -2.13. The Morgan fingerprint density at radius 3 is 2.67 bits per heavy atom. The summed E-state index contributed by atoms with van der Waals surface area (Å²) in [6, 6.07) is 13.7. The third-order valence-electron chi connectivity index (χ3n) is 3.61. The van der Waals surface area contributed by atoms with Gasteiger partial charge in [-0.15, -0.1) is 0 Å². The van der Waals surface area contributed by atoms with E-state index in [1.165, 1.54) is 6.07 Å². The molecule has 0 amide bonds. The van der Waals surface area contributed by atoms with Crippen LogP contribution in [0.2, 0.25) is 5.02 Å². The van der Waals surface area contributed by atoms with Gasteiger partial charge in [0.25, 0.3) is 10.0 Å². The Hall–Kier alpha value is -2.31. The Balaban J connectivity index is 1.91. The smallest absolute Gasteiger partial charge is 0.261 e. The average molecular weight is 362 g/mol. The van der Waals surface area contributed by atoms with Gasteiger partial charge in [0.1, 0.15) is 0 Å². The van der Waals surface area contributed by atoms with Crippen molar-refractivity contribution in [1.29, 1.82) is 0 Å². The largest absolute Gasteiger partial charge is 0.279 e. The number of para-hydroxylation sites is 1. The molecule has 0 atom stereocenters. The molecule has 0 aliphatic heterocycles. The number of rotatable bonds is 5. The Morgan fingerprint density at radius 2 is 1.96 bits per heavy atom. The first kappa shape index (κ1) is 16.5. The molecule has 7 heteroatoms. The van der Waals surface area contributed by atoms with Crippen LogP contribution in [0.25, 0.3) is 0 Å². The first-order valence-electron chi connectivity index (χ1n) is 7.30. The molecular weight excluding hydrogens is 346 g/mol. The second-order valence-corrected chi connectivity index (χ2v) is 7.47. The molecule has 0 spiro atoms. The monoisotopic (exact) mass is 361 g/mol.